The molecule has 0 aliphatic rings. The smallest absolute Gasteiger partial charge is 0.124 e. The van der Waals surface area contributed by atoms with E-state index in [1.54, 1.807) is 6.07 Å². The lowest BCUT2D eigenvalue weighted by Crippen LogP contribution is -2.22. The Kier molecular flexibility index (Phi) is 4.97. The molecule has 0 spiro atoms. The lowest BCUT2D eigenvalue weighted by Gasteiger charge is -2.19. The van der Waals surface area contributed by atoms with Gasteiger partial charge in [0.2, 0.25) is 0 Å². The quantitative estimate of drug-likeness (QED) is 0.830. The van der Waals surface area contributed by atoms with E-state index in [-0.39, 0.29) is 11.9 Å². The molecule has 0 saturated carbocycles. The topological polar surface area (TPSA) is 12.0 Å². The van der Waals surface area contributed by atoms with Gasteiger partial charge >= 0.3 is 0 Å². The zero-order valence-electron chi connectivity index (χ0n) is 10.5. The van der Waals surface area contributed by atoms with Crippen LogP contribution in [0.15, 0.2) is 46.9 Å². The highest BCUT2D eigenvalue weighted by atomic mass is 79.9. The number of halogens is 3. The van der Waals surface area contributed by atoms with E-state index in [2.05, 4.69) is 21.2 Å². The third-order valence-corrected chi connectivity index (χ3v) is 3.54. The van der Waals surface area contributed by atoms with Crippen LogP contribution in [0.25, 0.3) is 0 Å². The van der Waals surface area contributed by atoms with Gasteiger partial charge in [0, 0.05) is 9.50 Å². The molecule has 2 aromatic rings. The molecule has 0 radical (unpaired) electrons. The number of benzene rings is 2. The molecule has 0 aliphatic heterocycles. The molecule has 1 unspecified atom stereocenters. The van der Waals surface area contributed by atoms with Crippen molar-refractivity contribution < 1.29 is 4.39 Å². The third-order valence-electron chi connectivity index (χ3n) is 2.83. The fraction of sp³-hybridized carbons (Fsp3) is 0.200. The highest BCUT2D eigenvalue weighted by Gasteiger charge is 2.14. The van der Waals surface area contributed by atoms with E-state index in [9.17, 15) is 4.39 Å². The van der Waals surface area contributed by atoms with Crippen molar-refractivity contribution in [3.63, 3.8) is 0 Å². The molecule has 0 bridgehead atoms. The summed E-state index contributed by atoms with van der Waals surface area (Å²) in [6.45, 7) is 2.82. The second-order valence-electron chi connectivity index (χ2n) is 4.25. The van der Waals surface area contributed by atoms with Crippen molar-refractivity contribution in [2.24, 2.45) is 0 Å². The van der Waals surface area contributed by atoms with Crippen LogP contribution in [0.1, 0.15) is 24.1 Å². The van der Waals surface area contributed by atoms with Crippen molar-refractivity contribution in [1.82, 2.24) is 5.32 Å². The first-order chi connectivity index (χ1) is 9.10. The van der Waals surface area contributed by atoms with Crippen LogP contribution in [-0.2, 0) is 0 Å². The van der Waals surface area contributed by atoms with E-state index >= 15 is 0 Å². The minimum Gasteiger partial charge on any atom is -0.307 e. The maximum absolute atomic E-state index is 13.5. The molecule has 19 heavy (non-hydrogen) atoms. The molecule has 0 saturated heterocycles. The first-order valence-electron chi connectivity index (χ1n) is 6.05. The lowest BCUT2D eigenvalue weighted by molar-refractivity contribution is 0.602. The predicted molar refractivity (Wildman–Crippen MR) is 81.1 cm³/mol. The zero-order valence-corrected chi connectivity index (χ0v) is 12.8. The molecular formula is C15H14BrClFN. The first kappa shape index (κ1) is 14.5. The molecule has 2 rings (SSSR count). The van der Waals surface area contributed by atoms with Crippen molar-refractivity contribution in [2.45, 2.75) is 13.0 Å². The molecule has 1 N–H and O–H groups in total. The molecule has 100 valence electrons. The van der Waals surface area contributed by atoms with E-state index in [0.717, 1.165) is 22.1 Å². The molecule has 0 aliphatic carbocycles. The maximum Gasteiger partial charge on any atom is 0.124 e. The molecule has 1 nitrogen and oxygen atoms in total. The number of nitrogens with one attached hydrogen (secondary N) is 1. The minimum absolute atomic E-state index is 0.0470. The molecule has 0 aromatic heterocycles. The highest BCUT2D eigenvalue weighted by molar-refractivity contribution is 9.10. The first-order valence-corrected chi connectivity index (χ1v) is 7.22. The van der Waals surface area contributed by atoms with E-state index in [1.807, 2.05) is 37.3 Å². The fourth-order valence-electron chi connectivity index (χ4n) is 2.03. The van der Waals surface area contributed by atoms with Gasteiger partial charge in [-0.15, -0.1) is 0 Å². The minimum atomic E-state index is -0.249. The average molecular weight is 343 g/mol. The normalized spacial score (nSPS) is 12.4. The predicted octanol–water partition coefficient (Wildman–Crippen LogP) is 4.94. The number of rotatable bonds is 4. The Labute approximate surface area is 125 Å². The summed E-state index contributed by atoms with van der Waals surface area (Å²) in [6, 6.07) is 12.5. The number of hydrogen-bond donors (Lipinski definition) is 1. The summed E-state index contributed by atoms with van der Waals surface area (Å²) in [5, 5.41) is 4.05. The second-order valence-corrected chi connectivity index (χ2v) is 5.60. The summed E-state index contributed by atoms with van der Waals surface area (Å²) < 4.78 is 14.3. The van der Waals surface area contributed by atoms with Gasteiger partial charge in [-0.1, -0.05) is 46.6 Å². The monoisotopic (exact) mass is 341 g/mol. The van der Waals surface area contributed by atoms with Crippen molar-refractivity contribution in [3.8, 4) is 0 Å². The Balaban J connectivity index is 2.41. The van der Waals surface area contributed by atoms with Gasteiger partial charge in [0.1, 0.15) is 5.82 Å². The van der Waals surface area contributed by atoms with Crippen LogP contribution < -0.4 is 5.32 Å². The van der Waals surface area contributed by atoms with Gasteiger partial charge in [0.05, 0.1) is 6.04 Å². The Hall–Kier alpha value is -0.900. The van der Waals surface area contributed by atoms with Crippen molar-refractivity contribution in [1.29, 1.82) is 0 Å². The van der Waals surface area contributed by atoms with Gasteiger partial charge in [-0.05, 0) is 48.0 Å². The lowest BCUT2D eigenvalue weighted by atomic mass is 9.98. The SMILES string of the molecule is CCNC(c1ccc(Cl)cc1)c1cc(F)cc(Br)c1. The average Bonchev–Trinajstić information content (AvgIpc) is 2.36. The molecular weight excluding hydrogens is 329 g/mol. The molecule has 1 atom stereocenters. The van der Waals surface area contributed by atoms with Crippen LogP contribution in [0.5, 0.6) is 0 Å². The van der Waals surface area contributed by atoms with Gasteiger partial charge in [-0.25, -0.2) is 4.39 Å². The van der Waals surface area contributed by atoms with E-state index < -0.39 is 0 Å². The van der Waals surface area contributed by atoms with Gasteiger partial charge in [0.25, 0.3) is 0 Å². The van der Waals surface area contributed by atoms with Crippen LogP contribution in [-0.4, -0.2) is 6.54 Å². The van der Waals surface area contributed by atoms with E-state index in [4.69, 9.17) is 11.6 Å². The molecule has 0 amide bonds. The molecule has 2 aromatic carbocycles. The summed E-state index contributed by atoms with van der Waals surface area (Å²) >= 11 is 9.23. The summed E-state index contributed by atoms with van der Waals surface area (Å²) in [5.41, 5.74) is 1.94. The van der Waals surface area contributed by atoms with Crippen molar-refractivity contribution in [2.75, 3.05) is 6.54 Å². The Morgan fingerprint density at radius 3 is 2.42 bits per heavy atom. The highest BCUT2D eigenvalue weighted by Crippen LogP contribution is 2.26. The molecule has 0 fully saturated rings. The van der Waals surface area contributed by atoms with Crippen molar-refractivity contribution in [3.05, 3.63) is 68.9 Å². The molecule has 4 heteroatoms. The van der Waals surface area contributed by atoms with Gasteiger partial charge < -0.3 is 5.32 Å². The van der Waals surface area contributed by atoms with Crippen LogP contribution in [0.2, 0.25) is 5.02 Å². The summed E-state index contributed by atoms with van der Waals surface area (Å²) in [6.07, 6.45) is 0. The number of hydrogen-bond acceptors (Lipinski definition) is 1. The van der Waals surface area contributed by atoms with Crippen LogP contribution >= 0.6 is 27.5 Å². The maximum atomic E-state index is 13.5. The Morgan fingerprint density at radius 2 is 1.84 bits per heavy atom. The summed E-state index contributed by atoms with van der Waals surface area (Å²) in [7, 11) is 0. The Morgan fingerprint density at radius 1 is 1.16 bits per heavy atom. The summed E-state index contributed by atoms with van der Waals surface area (Å²) in [5.74, 6) is -0.249. The Bertz CT molecular complexity index is 536. The van der Waals surface area contributed by atoms with Gasteiger partial charge in [0.15, 0.2) is 0 Å². The second kappa shape index (κ2) is 6.51. The van der Waals surface area contributed by atoms with Crippen LogP contribution in [0, 0.1) is 5.82 Å². The van der Waals surface area contributed by atoms with Crippen LogP contribution in [0.4, 0.5) is 4.39 Å². The van der Waals surface area contributed by atoms with E-state index in [1.165, 1.54) is 6.07 Å². The fourth-order valence-corrected chi connectivity index (χ4v) is 2.64. The van der Waals surface area contributed by atoms with Gasteiger partial charge in [-0.3, -0.25) is 0 Å². The largest absolute Gasteiger partial charge is 0.307 e. The summed E-state index contributed by atoms with van der Waals surface area (Å²) in [4.78, 5) is 0. The third kappa shape index (κ3) is 3.78. The van der Waals surface area contributed by atoms with Crippen LogP contribution in [0.3, 0.4) is 0 Å². The van der Waals surface area contributed by atoms with Gasteiger partial charge in [-0.2, -0.15) is 0 Å². The standard InChI is InChI=1S/C15H14BrClFN/c1-2-19-15(10-3-5-13(17)6-4-10)11-7-12(16)9-14(18)8-11/h3-9,15,19H,2H2,1H3. The molecule has 0 heterocycles. The van der Waals surface area contributed by atoms with Crippen molar-refractivity contribution >= 4 is 27.5 Å². The zero-order chi connectivity index (χ0) is 13.8. The van der Waals surface area contributed by atoms with E-state index in [0.29, 0.717) is 5.02 Å².